The predicted molar refractivity (Wildman–Crippen MR) is 160 cm³/mol. The van der Waals surface area contributed by atoms with Gasteiger partial charge in [-0.2, -0.15) is 0 Å². The van der Waals surface area contributed by atoms with Crippen molar-refractivity contribution in [2.75, 3.05) is 34.4 Å². The van der Waals surface area contributed by atoms with E-state index in [0.717, 1.165) is 61.8 Å². The van der Waals surface area contributed by atoms with Crippen molar-refractivity contribution in [1.29, 1.82) is 0 Å². The number of ether oxygens (including phenoxy) is 4. The van der Waals surface area contributed by atoms with Crippen LogP contribution in [0.15, 0.2) is 48.6 Å². The summed E-state index contributed by atoms with van der Waals surface area (Å²) in [4.78, 5) is 2.47. The number of nitrogens with one attached hydrogen (secondary N) is 1. The normalized spacial score (nSPS) is 41.2. The Hall–Kier alpha value is -3.04. The first-order valence-corrected chi connectivity index (χ1v) is 15.8. The van der Waals surface area contributed by atoms with Gasteiger partial charge in [0.25, 0.3) is 0 Å². The van der Waals surface area contributed by atoms with E-state index in [9.17, 15) is 10.2 Å². The lowest BCUT2D eigenvalue weighted by molar-refractivity contribution is -0.0453. The Labute approximate surface area is 252 Å². The number of likely N-dealkylation sites (tertiary alicyclic amines) is 1. The van der Waals surface area contributed by atoms with Crippen molar-refractivity contribution in [2.45, 2.75) is 73.0 Å². The fourth-order valence-electron chi connectivity index (χ4n) is 10.5. The number of likely N-dealkylation sites (N-methyl/N-ethyl adjacent to an activating group) is 1. The average Bonchev–Trinajstić information content (AvgIpc) is 3.55. The van der Waals surface area contributed by atoms with Crippen LogP contribution < -0.4 is 24.3 Å². The molecule has 4 aliphatic heterocycles. The second-order valence-electron chi connectivity index (χ2n) is 13.7. The second kappa shape index (κ2) is 9.00. The molecule has 8 nitrogen and oxygen atoms in total. The Morgan fingerprint density at radius 2 is 1.37 bits per heavy atom. The zero-order chi connectivity index (χ0) is 29.2. The topological polar surface area (TPSA) is 92.7 Å². The van der Waals surface area contributed by atoms with Crippen molar-refractivity contribution in [3.05, 3.63) is 70.8 Å². The molecular weight excluding hydrogens is 544 g/mol. The van der Waals surface area contributed by atoms with Crippen molar-refractivity contribution in [3.8, 4) is 23.0 Å². The summed E-state index contributed by atoms with van der Waals surface area (Å²) < 4.78 is 23.6. The summed E-state index contributed by atoms with van der Waals surface area (Å²) in [6.45, 7) is 2.04. The number of benzene rings is 2. The minimum Gasteiger partial charge on any atom is -0.493 e. The Kier molecular flexibility index (Phi) is 5.52. The van der Waals surface area contributed by atoms with Crippen LogP contribution in [-0.2, 0) is 23.7 Å². The van der Waals surface area contributed by atoms with Crippen LogP contribution in [0.3, 0.4) is 0 Å². The molecule has 0 saturated carbocycles. The van der Waals surface area contributed by atoms with Gasteiger partial charge in [-0.3, -0.25) is 0 Å². The molecule has 0 unspecified atom stereocenters. The van der Waals surface area contributed by atoms with Crippen molar-refractivity contribution in [1.82, 2.24) is 10.2 Å². The fraction of sp³-hybridized carbons (Fsp3) is 0.543. The van der Waals surface area contributed by atoms with Crippen LogP contribution in [0.1, 0.15) is 35.1 Å². The summed E-state index contributed by atoms with van der Waals surface area (Å²) in [6, 6.07) is 9.32. The summed E-state index contributed by atoms with van der Waals surface area (Å²) in [5.41, 5.74) is 5.18. The number of hydrogen-bond acceptors (Lipinski definition) is 8. The van der Waals surface area contributed by atoms with Gasteiger partial charge in [-0.15, -0.1) is 0 Å². The SMILES string of the molecule is COc1ccc2c3c1O[C@H]1[C@@H](O)C=C[C@H]4[C@@H](C2)N(C)CC[C@@]341.COc1ccc2c3c1O[C@H]1[C@@H](O)C=C[C@H]4[C@@H](C2)NCC[C@@]341. The lowest BCUT2D eigenvalue weighted by Gasteiger charge is -2.56. The molecule has 2 fully saturated rings. The first kappa shape index (κ1) is 26.4. The maximum absolute atomic E-state index is 10.6. The van der Waals surface area contributed by atoms with Crippen LogP contribution in [0.4, 0.5) is 0 Å². The van der Waals surface area contributed by atoms with Gasteiger partial charge < -0.3 is 39.4 Å². The van der Waals surface area contributed by atoms with Crippen LogP contribution in [0.5, 0.6) is 23.0 Å². The van der Waals surface area contributed by atoms with Gasteiger partial charge >= 0.3 is 0 Å². The highest BCUT2D eigenvalue weighted by molar-refractivity contribution is 5.63. The molecule has 0 aromatic heterocycles. The maximum Gasteiger partial charge on any atom is 0.165 e. The summed E-state index contributed by atoms with van der Waals surface area (Å²) in [5, 5.41) is 24.7. The largest absolute Gasteiger partial charge is 0.493 e. The first-order valence-electron chi connectivity index (χ1n) is 15.8. The van der Waals surface area contributed by atoms with Gasteiger partial charge in [-0.05, 0) is 69.1 Å². The van der Waals surface area contributed by atoms with Gasteiger partial charge in [0.1, 0.15) is 24.4 Å². The number of methoxy groups -OCH3 is 2. The van der Waals surface area contributed by atoms with E-state index in [1.165, 1.54) is 22.3 Å². The lowest BCUT2D eigenvalue weighted by Crippen LogP contribution is -2.64. The summed E-state index contributed by atoms with van der Waals surface area (Å²) >= 11 is 0. The van der Waals surface area contributed by atoms with E-state index in [0.29, 0.717) is 23.9 Å². The molecule has 4 heterocycles. The van der Waals surface area contributed by atoms with Crippen molar-refractivity contribution < 1.29 is 29.2 Å². The van der Waals surface area contributed by atoms with E-state index in [-0.39, 0.29) is 23.0 Å². The monoisotopic (exact) mass is 584 g/mol. The number of hydrogen-bond donors (Lipinski definition) is 3. The van der Waals surface area contributed by atoms with E-state index in [1.54, 1.807) is 14.2 Å². The highest BCUT2D eigenvalue weighted by Crippen LogP contribution is 2.63. The molecule has 0 amide bonds. The number of piperidine rings is 2. The quantitative estimate of drug-likeness (QED) is 0.465. The molecule has 3 N–H and O–H groups in total. The predicted octanol–water partition coefficient (Wildman–Crippen LogP) is 2.66. The van der Waals surface area contributed by atoms with Crippen LogP contribution in [0.2, 0.25) is 0 Å². The van der Waals surface area contributed by atoms with E-state index in [2.05, 4.69) is 41.5 Å². The van der Waals surface area contributed by atoms with E-state index in [1.807, 2.05) is 24.3 Å². The average molecular weight is 585 g/mol. The zero-order valence-electron chi connectivity index (χ0n) is 25.0. The van der Waals surface area contributed by atoms with Crippen LogP contribution >= 0.6 is 0 Å². The fourth-order valence-corrected chi connectivity index (χ4v) is 10.5. The Morgan fingerprint density at radius 3 is 2.00 bits per heavy atom. The molecular formula is C35H40N2O6. The lowest BCUT2D eigenvalue weighted by atomic mass is 9.53. The van der Waals surface area contributed by atoms with Gasteiger partial charge in [-0.1, -0.05) is 36.4 Å². The van der Waals surface area contributed by atoms with Crippen molar-refractivity contribution in [3.63, 3.8) is 0 Å². The number of nitrogens with zero attached hydrogens (tertiary/aromatic N) is 1. The summed E-state index contributed by atoms with van der Waals surface area (Å²) in [6.07, 6.45) is 11.0. The van der Waals surface area contributed by atoms with E-state index >= 15 is 0 Å². The molecule has 2 aromatic carbocycles. The Balaban J connectivity index is 0.000000121. The molecule has 2 spiro atoms. The van der Waals surface area contributed by atoms with Crippen molar-refractivity contribution in [2.24, 2.45) is 11.8 Å². The third-order valence-electron chi connectivity index (χ3n) is 12.2. The summed E-state index contributed by atoms with van der Waals surface area (Å²) in [5.74, 6) is 4.15. The summed E-state index contributed by atoms with van der Waals surface area (Å²) in [7, 11) is 5.59. The van der Waals surface area contributed by atoms with Gasteiger partial charge in [0.15, 0.2) is 23.0 Å². The number of rotatable bonds is 2. The van der Waals surface area contributed by atoms with E-state index in [4.69, 9.17) is 18.9 Å². The van der Waals surface area contributed by atoms with Crippen LogP contribution in [0, 0.1) is 11.8 Å². The van der Waals surface area contributed by atoms with E-state index < -0.39 is 12.2 Å². The molecule has 8 aliphatic rings. The van der Waals surface area contributed by atoms with Crippen molar-refractivity contribution >= 4 is 0 Å². The molecule has 10 atom stereocenters. The smallest absolute Gasteiger partial charge is 0.165 e. The molecule has 8 heteroatoms. The third kappa shape index (κ3) is 3.15. The van der Waals surface area contributed by atoms with Gasteiger partial charge in [-0.25, -0.2) is 0 Å². The molecule has 10 rings (SSSR count). The minimum atomic E-state index is -0.539. The highest BCUT2D eigenvalue weighted by atomic mass is 16.5. The second-order valence-corrected chi connectivity index (χ2v) is 13.7. The molecule has 4 bridgehead atoms. The number of aliphatic hydroxyl groups excluding tert-OH is 2. The van der Waals surface area contributed by atoms with Gasteiger partial charge in [0.05, 0.1) is 14.2 Å². The standard InChI is InChI=1S/C18H21NO3.C17H19NO3/c1-19-8-7-18-11-4-5-13(20)17(18)22-16-14(21-2)6-3-10(15(16)18)9-12(11)19;1-20-13-5-2-9-8-11-10-3-4-12(19)16-17(10,6-7-18-11)14(9)15(13)21-16/h3-6,11-13,17,20H,7-9H2,1-2H3;2-5,10-12,16,18-19H,6-8H2,1H3/t11-,12+,13-,17-,18-;10-,11+,12-,16-,17-/m00/s1. The number of aliphatic hydroxyl groups is 2. The Morgan fingerprint density at radius 1 is 0.791 bits per heavy atom. The van der Waals surface area contributed by atoms with Crippen LogP contribution in [-0.4, -0.2) is 86.0 Å². The Bertz CT molecular complexity index is 1570. The van der Waals surface area contributed by atoms with Gasteiger partial charge in [0, 0.05) is 45.9 Å². The maximum atomic E-state index is 10.6. The third-order valence-corrected chi connectivity index (χ3v) is 12.2. The van der Waals surface area contributed by atoms with Crippen LogP contribution in [0.25, 0.3) is 0 Å². The first-order chi connectivity index (χ1) is 20.9. The zero-order valence-corrected chi connectivity index (χ0v) is 25.0. The van der Waals surface area contributed by atoms with Gasteiger partial charge in [0.2, 0.25) is 0 Å². The molecule has 43 heavy (non-hydrogen) atoms. The molecule has 0 radical (unpaired) electrons. The minimum absolute atomic E-state index is 0.0806. The molecule has 226 valence electrons. The highest BCUT2D eigenvalue weighted by Gasteiger charge is 2.65. The molecule has 2 saturated heterocycles. The molecule has 4 aliphatic carbocycles. The molecule has 2 aromatic rings.